The van der Waals surface area contributed by atoms with E-state index in [0.29, 0.717) is 25.6 Å². The smallest absolute Gasteiger partial charge is 0.317 e. The van der Waals surface area contributed by atoms with Gasteiger partial charge >= 0.3 is 12.0 Å². The zero-order valence-corrected chi connectivity index (χ0v) is 11.9. The van der Waals surface area contributed by atoms with Crippen LogP contribution in [-0.4, -0.2) is 66.2 Å². The first-order chi connectivity index (χ1) is 9.04. The summed E-state index contributed by atoms with van der Waals surface area (Å²) >= 11 is 0. The molecule has 0 aromatic carbocycles. The third-order valence-electron chi connectivity index (χ3n) is 3.63. The first-order valence-electron chi connectivity index (χ1n) is 6.99. The van der Waals surface area contributed by atoms with E-state index in [9.17, 15) is 9.59 Å². The van der Waals surface area contributed by atoms with Gasteiger partial charge in [0.2, 0.25) is 0 Å². The molecule has 1 fully saturated rings. The van der Waals surface area contributed by atoms with E-state index in [1.165, 1.54) is 6.42 Å². The van der Waals surface area contributed by atoms with E-state index in [4.69, 9.17) is 5.11 Å². The molecule has 2 amide bonds. The number of nitrogens with one attached hydrogen (secondary N) is 1. The molecule has 0 bridgehead atoms. The molecule has 1 atom stereocenters. The Balaban J connectivity index is 2.20. The van der Waals surface area contributed by atoms with E-state index >= 15 is 0 Å². The number of hydrogen-bond acceptors (Lipinski definition) is 3. The van der Waals surface area contributed by atoms with Gasteiger partial charge in [0.25, 0.3) is 0 Å². The lowest BCUT2D eigenvalue weighted by atomic mass is 10.2. The van der Waals surface area contributed by atoms with E-state index in [2.05, 4.69) is 17.1 Å². The zero-order valence-electron chi connectivity index (χ0n) is 11.9. The van der Waals surface area contributed by atoms with Gasteiger partial charge in [0.15, 0.2) is 0 Å². The Kier molecular flexibility index (Phi) is 6.62. The molecule has 0 aliphatic carbocycles. The minimum absolute atomic E-state index is 0.101. The fourth-order valence-corrected chi connectivity index (χ4v) is 2.45. The van der Waals surface area contributed by atoms with E-state index in [1.807, 2.05) is 0 Å². The van der Waals surface area contributed by atoms with Gasteiger partial charge in [-0.2, -0.15) is 0 Å². The molecule has 1 rings (SSSR count). The minimum atomic E-state index is -0.821. The summed E-state index contributed by atoms with van der Waals surface area (Å²) < 4.78 is 0. The quantitative estimate of drug-likeness (QED) is 0.724. The third-order valence-corrected chi connectivity index (χ3v) is 3.63. The van der Waals surface area contributed by atoms with Crippen LogP contribution in [0.25, 0.3) is 0 Å². The Morgan fingerprint density at radius 1 is 1.47 bits per heavy atom. The number of carbonyl (C=O) groups is 2. The Bertz CT molecular complexity index is 310. The number of likely N-dealkylation sites (N-methyl/N-ethyl adjacent to an activating group) is 1. The molecule has 0 aromatic heterocycles. The topological polar surface area (TPSA) is 72.9 Å². The molecule has 6 heteroatoms. The average Bonchev–Trinajstić information content (AvgIpc) is 2.82. The van der Waals surface area contributed by atoms with E-state index in [-0.39, 0.29) is 12.5 Å². The molecule has 1 aliphatic heterocycles. The molecule has 1 saturated heterocycles. The molecule has 1 aliphatic rings. The lowest BCUT2D eigenvalue weighted by Gasteiger charge is -2.24. The van der Waals surface area contributed by atoms with Crippen molar-refractivity contribution < 1.29 is 14.7 Å². The highest BCUT2D eigenvalue weighted by Crippen LogP contribution is 2.15. The monoisotopic (exact) mass is 271 g/mol. The molecular formula is C13H25N3O3. The lowest BCUT2D eigenvalue weighted by molar-refractivity contribution is -0.137. The van der Waals surface area contributed by atoms with Crippen LogP contribution in [0.3, 0.4) is 0 Å². The number of hydrogen-bond donors (Lipinski definition) is 2. The Morgan fingerprint density at radius 2 is 2.21 bits per heavy atom. The highest BCUT2D eigenvalue weighted by molar-refractivity contribution is 5.74. The van der Waals surface area contributed by atoms with Gasteiger partial charge in [-0.3, -0.25) is 9.69 Å². The Morgan fingerprint density at radius 3 is 2.84 bits per heavy atom. The molecule has 110 valence electrons. The molecule has 6 nitrogen and oxygen atoms in total. The second-order valence-corrected chi connectivity index (χ2v) is 5.03. The van der Waals surface area contributed by atoms with Crippen molar-refractivity contribution in [2.24, 2.45) is 0 Å². The van der Waals surface area contributed by atoms with Gasteiger partial charge in [0.05, 0.1) is 0 Å². The van der Waals surface area contributed by atoms with Crippen LogP contribution in [0.4, 0.5) is 4.79 Å². The summed E-state index contributed by atoms with van der Waals surface area (Å²) in [5.74, 6) is -0.821. The Labute approximate surface area is 114 Å². The normalized spacial score (nSPS) is 19.4. The predicted molar refractivity (Wildman–Crippen MR) is 73.2 cm³/mol. The van der Waals surface area contributed by atoms with Crippen LogP contribution in [-0.2, 0) is 4.79 Å². The summed E-state index contributed by atoms with van der Waals surface area (Å²) in [6, 6.07) is 0.328. The van der Waals surface area contributed by atoms with Crippen molar-refractivity contribution in [1.82, 2.24) is 15.1 Å². The van der Waals surface area contributed by atoms with Crippen LogP contribution in [0.2, 0.25) is 0 Å². The van der Waals surface area contributed by atoms with Crippen LogP contribution in [0.15, 0.2) is 0 Å². The number of rotatable bonds is 7. The van der Waals surface area contributed by atoms with E-state index in [1.54, 1.807) is 11.9 Å². The van der Waals surface area contributed by atoms with Crippen LogP contribution in [0, 0.1) is 0 Å². The number of carboxylic acids is 1. The van der Waals surface area contributed by atoms with Crippen molar-refractivity contribution in [1.29, 1.82) is 0 Å². The van der Waals surface area contributed by atoms with Gasteiger partial charge in [-0.1, -0.05) is 6.92 Å². The highest BCUT2D eigenvalue weighted by atomic mass is 16.4. The van der Waals surface area contributed by atoms with Gasteiger partial charge in [-0.15, -0.1) is 0 Å². The van der Waals surface area contributed by atoms with E-state index in [0.717, 1.165) is 19.5 Å². The van der Waals surface area contributed by atoms with Crippen LogP contribution in [0.1, 0.15) is 32.6 Å². The first-order valence-corrected chi connectivity index (χ1v) is 6.99. The highest BCUT2D eigenvalue weighted by Gasteiger charge is 2.23. The summed E-state index contributed by atoms with van der Waals surface area (Å²) in [5, 5.41) is 11.5. The standard InChI is InChI=1S/C13H25N3O3/c1-3-16-9-4-6-11(16)10-14-13(19)15(2)8-5-7-12(17)18/h11H,3-10H2,1-2H3,(H,14,19)(H,17,18). The lowest BCUT2D eigenvalue weighted by Crippen LogP contribution is -2.44. The molecule has 1 unspecified atom stereocenters. The first kappa shape index (κ1) is 15.8. The molecule has 0 spiro atoms. The van der Waals surface area contributed by atoms with Gasteiger partial charge in [-0.05, 0) is 32.4 Å². The van der Waals surface area contributed by atoms with Crippen molar-refractivity contribution >= 4 is 12.0 Å². The van der Waals surface area contributed by atoms with Crippen LogP contribution in [0.5, 0.6) is 0 Å². The second kappa shape index (κ2) is 7.99. The zero-order chi connectivity index (χ0) is 14.3. The van der Waals surface area contributed by atoms with E-state index < -0.39 is 5.97 Å². The number of likely N-dealkylation sites (tertiary alicyclic amines) is 1. The summed E-state index contributed by atoms with van der Waals surface area (Å²) in [7, 11) is 1.70. The number of nitrogens with zero attached hydrogens (tertiary/aromatic N) is 2. The van der Waals surface area contributed by atoms with Gasteiger partial charge < -0.3 is 15.3 Å². The molecule has 2 N–H and O–H groups in total. The maximum absolute atomic E-state index is 11.8. The maximum atomic E-state index is 11.8. The molecule has 0 radical (unpaired) electrons. The van der Waals surface area contributed by atoms with Crippen molar-refractivity contribution in [3.63, 3.8) is 0 Å². The molecular weight excluding hydrogens is 246 g/mol. The summed E-state index contributed by atoms with van der Waals surface area (Å²) in [4.78, 5) is 26.1. The van der Waals surface area contributed by atoms with Crippen LogP contribution < -0.4 is 5.32 Å². The number of carbonyl (C=O) groups excluding carboxylic acids is 1. The average molecular weight is 271 g/mol. The van der Waals surface area contributed by atoms with Crippen LogP contribution >= 0.6 is 0 Å². The van der Waals surface area contributed by atoms with Crippen molar-refractivity contribution in [3.8, 4) is 0 Å². The Hall–Kier alpha value is -1.30. The summed E-state index contributed by atoms with van der Waals surface area (Å²) in [6.07, 6.45) is 2.92. The maximum Gasteiger partial charge on any atom is 0.317 e. The number of amides is 2. The second-order valence-electron chi connectivity index (χ2n) is 5.03. The fourth-order valence-electron chi connectivity index (χ4n) is 2.45. The fraction of sp³-hybridized carbons (Fsp3) is 0.846. The molecule has 1 heterocycles. The number of urea groups is 1. The van der Waals surface area contributed by atoms with Crippen molar-refractivity contribution in [2.45, 2.75) is 38.6 Å². The number of aliphatic carboxylic acids is 1. The summed E-state index contributed by atoms with van der Waals surface area (Å²) in [6.45, 7) is 5.43. The predicted octanol–water partition coefficient (Wildman–Crippen LogP) is 0.977. The van der Waals surface area contributed by atoms with Crippen molar-refractivity contribution in [2.75, 3.05) is 33.2 Å². The molecule has 0 saturated carbocycles. The molecule has 19 heavy (non-hydrogen) atoms. The van der Waals surface area contributed by atoms with Gasteiger partial charge in [0.1, 0.15) is 0 Å². The largest absolute Gasteiger partial charge is 0.481 e. The number of carboxylic acid groups (broad SMARTS) is 1. The van der Waals surface area contributed by atoms with Crippen molar-refractivity contribution in [3.05, 3.63) is 0 Å². The molecule has 0 aromatic rings. The third kappa shape index (κ3) is 5.46. The minimum Gasteiger partial charge on any atom is -0.481 e. The van der Waals surface area contributed by atoms with Gasteiger partial charge in [-0.25, -0.2) is 4.79 Å². The van der Waals surface area contributed by atoms with Gasteiger partial charge in [0, 0.05) is 32.6 Å². The summed E-state index contributed by atoms with van der Waals surface area (Å²) in [5.41, 5.74) is 0. The SMILES string of the molecule is CCN1CCCC1CNC(=O)N(C)CCCC(=O)O.